The van der Waals surface area contributed by atoms with Crippen LogP contribution in [-0.4, -0.2) is 34.9 Å². The van der Waals surface area contributed by atoms with Crippen LogP contribution in [0.5, 0.6) is 0 Å². The van der Waals surface area contributed by atoms with E-state index < -0.39 is 0 Å². The highest BCUT2D eigenvalue weighted by Crippen LogP contribution is 2.02. The van der Waals surface area contributed by atoms with Crippen molar-refractivity contribution >= 4 is 29.9 Å². The summed E-state index contributed by atoms with van der Waals surface area (Å²) >= 11 is 0. The number of nitrogens with one attached hydrogen (secondary N) is 2. The molecule has 6 heteroatoms. The number of guanidine groups is 1. The van der Waals surface area contributed by atoms with Crippen molar-refractivity contribution in [2.45, 2.75) is 46.6 Å². The van der Waals surface area contributed by atoms with Gasteiger partial charge in [0.2, 0.25) is 0 Å². The van der Waals surface area contributed by atoms with Crippen molar-refractivity contribution in [2.75, 3.05) is 13.1 Å². The highest BCUT2D eigenvalue weighted by molar-refractivity contribution is 14.0. The Morgan fingerprint density at radius 2 is 2.10 bits per heavy atom. The maximum atomic E-state index is 4.62. The first-order valence-corrected chi connectivity index (χ1v) is 7.55. The van der Waals surface area contributed by atoms with E-state index in [1.165, 1.54) is 5.56 Å². The summed E-state index contributed by atoms with van der Waals surface area (Å²) in [5.74, 6) is 1.51. The Hall–Kier alpha value is -0.790. The molecule has 0 aliphatic carbocycles. The fourth-order valence-corrected chi connectivity index (χ4v) is 1.78. The van der Waals surface area contributed by atoms with Gasteiger partial charge in [0.25, 0.3) is 0 Å². The Bertz CT molecular complexity index is 414. The molecule has 1 aromatic rings. The summed E-state index contributed by atoms with van der Waals surface area (Å²) in [5.41, 5.74) is 1.27. The van der Waals surface area contributed by atoms with Crippen molar-refractivity contribution in [3.05, 3.63) is 18.0 Å². The minimum atomic E-state index is 0. The number of nitrogens with zero attached hydrogens (tertiary/aromatic N) is 3. The number of aliphatic imine (C=N–C) groups is 1. The standard InChI is InChI=1S/C15H29N5.HI/c1-6-16-15(19-13(4)12(2)3)17-9-7-8-14-10-18-20(5)11-14;/h10-13H,6-9H2,1-5H3,(H2,16,17,19);1H. The van der Waals surface area contributed by atoms with Gasteiger partial charge in [-0.15, -0.1) is 24.0 Å². The van der Waals surface area contributed by atoms with Gasteiger partial charge in [0, 0.05) is 32.4 Å². The minimum absolute atomic E-state index is 0. The van der Waals surface area contributed by atoms with Crippen molar-refractivity contribution in [3.8, 4) is 0 Å². The quantitative estimate of drug-likeness (QED) is 0.316. The molecule has 0 fully saturated rings. The van der Waals surface area contributed by atoms with Crippen molar-refractivity contribution < 1.29 is 0 Å². The summed E-state index contributed by atoms with van der Waals surface area (Å²) in [7, 11) is 1.95. The van der Waals surface area contributed by atoms with Crippen molar-refractivity contribution in [3.63, 3.8) is 0 Å². The molecule has 2 N–H and O–H groups in total. The summed E-state index contributed by atoms with van der Waals surface area (Å²) < 4.78 is 1.84. The normalized spacial score (nSPS) is 13.0. The van der Waals surface area contributed by atoms with Crippen LogP contribution in [0.3, 0.4) is 0 Å². The van der Waals surface area contributed by atoms with Crippen LogP contribution >= 0.6 is 24.0 Å². The van der Waals surface area contributed by atoms with E-state index in [-0.39, 0.29) is 24.0 Å². The molecule has 1 unspecified atom stereocenters. The van der Waals surface area contributed by atoms with E-state index in [0.717, 1.165) is 31.9 Å². The summed E-state index contributed by atoms with van der Waals surface area (Å²) in [6.45, 7) is 10.4. The molecule has 0 amide bonds. The lowest BCUT2D eigenvalue weighted by Gasteiger charge is -2.20. The maximum absolute atomic E-state index is 4.62. The minimum Gasteiger partial charge on any atom is -0.357 e. The molecule has 0 aromatic carbocycles. The maximum Gasteiger partial charge on any atom is 0.191 e. The Labute approximate surface area is 146 Å². The number of halogens is 1. The first-order valence-electron chi connectivity index (χ1n) is 7.55. The Morgan fingerprint density at radius 3 is 2.62 bits per heavy atom. The van der Waals surface area contributed by atoms with Crippen molar-refractivity contribution in [1.82, 2.24) is 20.4 Å². The molecule has 5 nitrogen and oxygen atoms in total. The van der Waals surface area contributed by atoms with Crippen LogP contribution in [0.1, 0.15) is 39.7 Å². The van der Waals surface area contributed by atoms with Gasteiger partial charge in [-0.2, -0.15) is 5.10 Å². The van der Waals surface area contributed by atoms with Crippen LogP contribution in [0.2, 0.25) is 0 Å². The monoisotopic (exact) mass is 407 g/mol. The van der Waals surface area contributed by atoms with Crippen LogP contribution < -0.4 is 10.6 Å². The fraction of sp³-hybridized carbons (Fsp3) is 0.733. The number of rotatable bonds is 7. The number of hydrogen-bond donors (Lipinski definition) is 2. The van der Waals surface area contributed by atoms with Gasteiger partial charge in [-0.25, -0.2) is 0 Å². The molecule has 21 heavy (non-hydrogen) atoms. The van der Waals surface area contributed by atoms with E-state index in [1.807, 2.05) is 17.9 Å². The zero-order chi connectivity index (χ0) is 15.0. The smallest absolute Gasteiger partial charge is 0.191 e. The van der Waals surface area contributed by atoms with Gasteiger partial charge in [0.15, 0.2) is 5.96 Å². The lowest BCUT2D eigenvalue weighted by Crippen LogP contribution is -2.44. The summed E-state index contributed by atoms with van der Waals surface area (Å²) in [5, 5.41) is 10.9. The largest absolute Gasteiger partial charge is 0.357 e. The molecule has 0 spiro atoms. The molecule has 1 atom stereocenters. The van der Waals surface area contributed by atoms with Gasteiger partial charge >= 0.3 is 0 Å². The highest BCUT2D eigenvalue weighted by atomic mass is 127. The number of aryl methyl sites for hydroxylation is 2. The van der Waals surface area contributed by atoms with E-state index in [0.29, 0.717) is 12.0 Å². The Kier molecular flexibility index (Phi) is 10.5. The average molecular weight is 407 g/mol. The highest BCUT2D eigenvalue weighted by Gasteiger charge is 2.08. The number of hydrogen-bond acceptors (Lipinski definition) is 2. The Morgan fingerprint density at radius 1 is 1.38 bits per heavy atom. The SMILES string of the molecule is CCNC(=NCCCc1cnn(C)c1)NC(C)C(C)C.I. The van der Waals surface area contributed by atoms with Gasteiger partial charge in [0.05, 0.1) is 6.20 Å². The molecule has 0 aliphatic rings. The third kappa shape index (κ3) is 8.28. The van der Waals surface area contributed by atoms with Crippen LogP contribution in [0.4, 0.5) is 0 Å². The van der Waals surface area contributed by atoms with Gasteiger partial charge < -0.3 is 10.6 Å². The molecular weight excluding hydrogens is 377 g/mol. The lowest BCUT2D eigenvalue weighted by molar-refractivity contribution is 0.481. The van der Waals surface area contributed by atoms with Gasteiger partial charge in [-0.1, -0.05) is 13.8 Å². The molecule has 122 valence electrons. The zero-order valence-electron chi connectivity index (χ0n) is 13.9. The van der Waals surface area contributed by atoms with Crippen molar-refractivity contribution in [2.24, 2.45) is 18.0 Å². The zero-order valence-corrected chi connectivity index (χ0v) is 16.2. The van der Waals surface area contributed by atoms with Gasteiger partial charge in [-0.3, -0.25) is 9.67 Å². The van der Waals surface area contributed by atoms with Crippen LogP contribution in [-0.2, 0) is 13.5 Å². The van der Waals surface area contributed by atoms with Crippen LogP contribution in [0.15, 0.2) is 17.4 Å². The first kappa shape index (κ1) is 20.2. The van der Waals surface area contributed by atoms with E-state index in [9.17, 15) is 0 Å². The Balaban J connectivity index is 0.00000400. The van der Waals surface area contributed by atoms with Gasteiger partial charge in [0.1, 0.15) is 0 Å². The first-order chi connectivity index (χ1) is 9.52. The molecule has 1 rings (SSSR count). The second-order valence-corrected chi connectivity index (χ2v) is 5.56. The summed E-state index contributed by atoms with van der Waals surface area (Å²) in [6.07, 6.45) is 6.05. The average Bonchev–Trinajstić information content (AvgIpc) is 2.80. The third-order valence-electron chi connectivity index (χ3n) is 3.36. The molecule has 0 bridgehead atoms. The fourth-order valence-electron chi connectivity index (χ4n) is 1.78. The molecule has 1 heterocycles. The molecule has 0 saturated carbocycles. The van der Waals surface area contributed by atoms with E-state index in [4.69, 9.17) is 0 Å². The van der Waals surface area contributed by atoms with E-state index in [2.05, 4.69) is 54.6 Å². The second kappa shape index (κ2) is 10.9. The van der Waals surface area contributed by atoms with Crippen LogP contribution in [0.25, 0.3) is 0 Å². The molecule has 0 radical (unpaired) electrons. The molecular formula is C15H30IN5. The molecule has 0 saturated heterocycles. The molecule has 1 aromatic heterocycles. The summed E-state index contributed by atoms with van der Waals surface area (Å²) in [6, 6.07) is 0.422. The predicted molar refractivity (Wildman–Crippen MR) is 100 cm³/mol. The van der Waals surface area contributed by atoms with E-state index >= 15 is 0 Å². The lowest BCUT2D eigenvalue weighted by atomic mass is 10.1. The predicted octanol–water partition coefficient (Wildman–Crippen LogP) is 2.57. The van der Waals surface area contributed by atoms with Crippen molar-refractivity contribution in [1.29, 1.82) is 0 Å². The van der Waals surface area contributed by atoms with E-state index in [1.54, 1.807) is 0 Å². The second-order valence-electron chi connectivity index (χ2n) is 5.56. The molecule has 0 aliphatic heterocycles. The topological polar surface area (TPSA) is 54.2 Å². The number of aromatic nitrogens is 2. The third-order valence-corrected chi connectivity index (χ3v) is 3.36. The summed E-state index contributed by atoms with van der Waals surface area (Å²) in [4.78, 5) is 4.62. The van der Waals surface area contributed by atoms with Crippen LogP contribution in [0, 0.1) is 5.92 Å². The van der Waals surface area contributed by atoms with Gasteiger partial charge in [-0.05, 0) is 38.2 Å².